The van der Waals surface area contributed by atoms with Crippen molar-refractivity contribution in [3.05, 3.63) is 23.8 Å². The van der Waals surface area contributed by atoms with E-state index in [0.717, 1.165) is 31.7 Å². The summed E-state index contributed by atoms with van der Waals surface area (Å²) in [6.07, 6.45) is 1.07. The Balaban J connectivity index is 2.76. The van der Waals surface area contributed by atoms with Gasteiger partial charge in [-0.2, -0.15) is 0 Å². The summed E-state index contributed by atoms with van der Waals surface area (Å²) in [5.41, 5.74) is 1.34. The first kappa shape index (κ1) is 15.5. The number of benzene rings is 1. The summed E-state index contributed by atoms with van der Waals surface area (Å²) in [4.78, 5) is 15.6. The van der Waals surface area contributed by atoms with Gasteiger partial charge in [-0.05, 0) is 53.0 Å². The maximum Gasteiger partial charge on any atom is 0.163 e. The van der Waals surface area contributed by atoms with Crippen LogP contribution in [-0.4, -0.2) is 49.5 Å². The number of phenolic OH excluding ortho intramolecular Hbond substituents is 1. The van der Waals surface area contributed by atoms with Gasteiger partial charge in [0.15, 0.2) is 5.78 Å². The SMILES string of the molecule is CCN(CCCN(C)C)c1ccc(C(C)=O)c(O)c1. The summed E-state index contributed by atoms with van der Waals surface area (Å²) < 4.78 is 0. The lowest BCUT2D eigenvalue weighted by molar-refractivity contribution is 0.101. The number of hydrogen-bond acceptors (Lipinski definition) is 4. The Morgan fingerprint density at radius 3 is 2.42 bits per heavy atom. The van der Waals surface area contributed by atoms with Crippen molar-refractivity contribution >= 4 is 11.5 Å². The van der Waals surface area contributed by atoms with Gasteiger partial charge in [-0.25, -0.2) is 0 Å². The van der Waals surface area contributed by atoms with Crippen LogP contribution in [0.2, 0.25) is 0 Å². The second-order valence-corrected chi connectivity index (χ2v) is 4.99. The minimum Gasteiger partial charge on any atom is -0.507 e. The predicted octanol–water partition coefficient (Wildman–Crippen LogP) is 2.37. The Kier molecular flexibility index (Phi) is 5.83. The van der Waals surface area contributed by atoms with Crippen LogP contribution < -0.4 is 4.90 Å². The van der Waals surface area contributed by atoms with Gasteiger partial charge in [-0.1, -0.05) is 0 Å². The molecular formula is C15H24N2O2. The summed E-state index contributed by atoms with van der Waals surface area (Å²) in [6, 6.07) is 5.27. The first-order valence-electron chi connectivity index (χ1n) is 6.69. The molecule has 0 unspecified atom stereocenters. The van der Waals surface area contributed by atoms with Crippen molar-refractivity contribution in [2.75, 3.05) is 38.6 Å². The molecule has 19 heavy (non-hydrogen) atoms. The van der Waals surface area contributed by atoms with Crippen LogP contribution in [0.1, 0.15) is 30.6 Å². The van der Waals surface area contributed by atoms with Crippen molar-refractivity contribution in [1.82, 2.24) is 4.90 Å². The fourth-order valence-corrected chi connectivity index (χ4v) is 2.06. The van der Waals surface area contributed by atoms with Gasteiger partial charge in [-0.15, -0.1) is 0 Å². The molecule has 0 radical (unpaired) electrons. The largest absolute Gasteiger partial charge is 0.507 e. The van der Waals surface area contributed by atoms with Crippen LogP contribution in [-0.2, 0) is 0 Å². The molecule has 0 spiro atoms. The molecule has 1 N–H and O–H groups in total. The number of Topliss-reactive ketones (excluding diaryl/α,β-unsaturated/α-hetero) is 1. The second kappa shape index (κ2) is 7.14. The van der Waals surface area contributed by atoms with E-state index in [4.69, 9.17) is 0 Å². The predicted molar refractivity (Wildman–Crippen MR) is 79.2 cm³/mol. The summed E-state index contributed by atoms with van der Waals surface area (Å²) in [6.45, 7) is 6.41. The molecule has 0 amide bonds. The first-order chi connectivity index (χ1) is 8.95. The number of phenols is 1. The molecule has 0 fully saturated rings. The Hall–Kier alpha value is -1.55. The van der Waals surface area contributed by atoms with E-state index in [1.165, 1.54) is 6.92 Å². The fourth-order valence-electron chi connectivity index (χ4n) is 2.06. The van der Waals surface area contributed by atoms with E-state index in [-0.39, 0.29) is 11.5 Å². The number of hydrogen-bond donors (Lipinski definition) is 1. The third kappa shape index (κ3) is 4.56. The van der Waals surface area contributed by atoms with E-state index in [9.17, 15) is 9.90 Å². The monoisotopic (exact) mass is 264 g/mol. The highest BCUT2D eigenvalue weighted by Gasteiger charge is 2.10. The molecule has 0 saturated heterocycles. The van der Waals surface area contributed by atoms with E-state index < -0.39 is 0 Å². The van der Waals surface area contributed by atoms with E-state index in [1.807, 2.05) is 6.07 Å². The van der Waals surface area contributed by atoms with Gasteiger partial charge in [0.25, 0.3) is 0 Å². The zero-order chi connectivity index (χ0) is 14.4. The third-order valence-corrected chi connectivity index (χ3v) is 3.14. The smallest absolute Gasteiger partial charge is 0.163 e. The molecule has 1 aromatic rings. The van der Waals surface area contributed by atoms with E-state index in [1.54, 1.807) is 12.1 Å². The first-order valence-corrected chi connectivity index (χ1v) is 6.69. The minimum atomic E-state index is -0.111. The molecule has 1 aromatic carbocycles. The molecule has 0 aliphatic heterocycles. The van der Waals surface area contributed by atoms with Crippen LogP contribution in [0.5, 0.6) is 5.75 Å². The molecule has 0 aliphatic rings. The standard InChI is InChI=1S/C15H24N2O2/c1-5-17(10-6-9-16(3)4)13-7-8-14(12(2)18)15(19)11-13/h7-8,11,19H,5-6,9-10H2,1-4H3. The molecule has 0 heterocycles. The lowest BCUT2D eigenvalue weighted by atomic mass is 10.1. The summed E-state index contributed by atoms with van der Waals surface area (Å²) >= 11 is 0. The molecule has 0 atom stereocenters. The van der Waals surface area contributed by atoms with Crippen LogP contribution in [0.25, 0.3) is 0 Å². The topological polar surface area (TPSA) is 43.8 Å². The van der Waals surface area contributed by atoms with E-state index >= 15 is 0 Å². The summed E-state index contributed by atoms with van der Waals surface area (Å²) in [5, 5.41) is 9.86. The summed E-state index contributed by atoms with van der Waals surface area (Å²) in [5.74, 6) is -0.0456. The lowest BCUT2D eigenvalue weighted by Crippen LogP contribution is -2.27. The number of rotatable bonds is 7. The highest BCUT2D eigenvalue weighted by atomic mass is 16.3. The van der Waals surface area contributed by atoms with Crippen molar-refractivity contribution in [2.24, 2.45) is 0 Å². The zero-order valence-electron chi connectivity index (χ0n) is 12.3. The molecule has 106 valence electrons. The van der Waals surface area contributed by atoms with Crippen molar-refractivity contribution in [1.29, 1.82) is 0 Å². The van der Waals surface area contributed by atoms with Gasteiger partial charge >= 0.3 is 0 Å². The van der Waals surface area contributed by atoms with Crippen LogP contribution in [0.3, 0.4) is 0 Å². The third-order valence-electron chi connectivity index (χ3n) is 3.14. The molecule has 1 rings (SSSR count). The molecule has 0 aliphatic carbocycles. The second-order valence-electron chi connectivity index (χ2n) is 4.99. The highest BCUT2D eigenvalue weighted by molar-refractivity contribution is 5.97. The number of nitrogens with zero attached hydrogens (tertiary/aromatic N) is 2. The van der Waals surface area contributed by atoms with Gasteiger partial charge in [0.2, 0.25) is 0 Å². The number of carbonyl (C=O) groups excluding carboxylic acids is 1. The van der Waals surface area contributed by atoms with Gasteiger partial charge in [0.05, 0.1) is 5.56 Å². The average Bonchev–Trinajstić information content (AvgIpc) is 2.33. The molecular weight excluding hydrogens is 240 g/mol. The van der Waals surface area contributed by atoms with Crippen molar-refractivity contribution in [3.63, 3.8) is 0 Å². The molecule has 0 saturated carbocycles. The fraction of sp³-hybridized carbons (Fsp3) is 0.533. The number of ketones is 1. The Bertz CT molecular complexity index is 430. The Labute approximate surface area is 115 Å². The number of anilines is 1. The van der Waals surface area contributed by atoms with Crippen molar-refractivity contribution < 1.29 is 9.90 Å². The number of carbonyl (C=O) groups is 1. The van der Waals surface area contributed by atoms with Gasteiger partial charge < -0.3 is 14.9 Å². The van der Waals surface area contributed by atoms with E-state index in [0.29, 0.717) is 5.56 Å². The van der Waals surface area contributed by atoms with Gasteiger partial charge in [-0.3, -0.25) is 4.79 Å². The average molecular weight is 264 g/mol. The minimum absolute atomic E-state index is 0.0658. The quantitative estimate of drug-likeness (QED) is 0.768. The number of aromatic hydroxyl groups is 1. The molecule has 0 bridgehead atoms. The van der Waals surface area contributed by atoms with Crippen molar-refractivity contribution in [2.45, 2.75) is 20.3 Å². The maximum absolute atomic E-state index is 11.3. The van der Waals surface area contributed by atoms with Gasteiger partial charge in [0, 0.05) is 24.8 Å². The maximum atomic E-state index is 11.3. The van der Waals surface area contributed by atoms with Crippen LogP contribution in [0, 0.1) is 0 Å². The molecule has 4 nitrogen and oxygen atoms in total. The highest BCUT2D eigenvalue weighted by Crippen LogP contribution is 2.25. The Morgan fingerprint density at radius 1 is 1.26 bits per heavy atom. The van der Waals surface area contributed by atoms with Crippen LogP contribution >= 0.6 is 0 Å². The lowest BCUT2D eigenvalue weighted by Gasteiger charge is -2.24. The normalized spacial score (nSPS) is 10.8. The van der Waals surface area contributed by atoms with Crippen LogP contribution in [0.15, 0.2) is 18.2 Å². The summed E-state index contributed by atoms with van der Waals surface area (Å²) in [7, 11) is 4.12. The van der Waals surface area contributed by atoms with Crippen molar-refractivity contribution in [3.8, 4) is 5.75 Å². The van der Waals surface area contributed by atoms with E-state index in [2.05, 4.69) is 30.8 Å². The zero-order valence-corrected chi connectivity index (χ0v) is 12.3. The van der Waals surface area contributed by atoms with Gasteiger partial charge in [0.1, 0.15) is 5.75 Å². The molecule has 4 heteroatoms. The Morgan fingerprint density at radius 2 is 1.95 bits per heavy atom. The molecule has 0 aromatic heterocycles. The van der Waals surface area contributed by atoms with Crippen LogP contribution in [0.4, 0.5) is 5.69 Å².